The monoisotopic (exact) mass is 431 g/mol. The summed E-state index contributed by atoms with van der Waals surface area (Å²) in [7, 11) is 1.50. The average Bonchev–Trinajstić information content (AvgIpc) is 3.15. The number of nitrogens with zero attached hydrogens (tertiary/aromatic N) is 7. The predicted molar refractivity (Wildman–Crippen MR) is 105 cm³/mol. The summed E-state index contributed by atoms with van der Waals surface area (Å²) >= 11 is 5.85. The molecule has 4 rings (SSSR count). The molecule has 11 nitrogen and oxygen atoms in total. The molecule has 30 heavy (non-hydrogen) atoms. The molecule has 2 aromatic heterocycles. The zero-order valence-electron chi connectivity index (χ0n) is 16.1. The van der Waals surface area contributed by atoms with Crippen molar-refractivity contribution in [2.75, 3.05) is 11.9 Å². The van der Waals surface area contributed by atoms with E-state index < -0.39 is 17.8 Å². The molecule has 0 fully saturated rings. The average molecular weight is 432 g/mol. The van der Waals surface area contributed by atoms with Crippen LogP contribution >= 0.6 is 11.6 Å². The topological polar surface area (TPSA) is 128 Å². The fourth-order valence-electron chi connectivity index (χ4n) is 3.06. The van der Waals surface area contributed by atoms with Crippen LogP contribution in [0.2, 0.25) is 5.02 Å². The molecule has 0 spiro atoms. The van der Waals surface area contributed by atoms with Gasteiger partial charge in [0.2, 0.25) is 5.88 Å². The van der Waals surface area contributed by atoms with Crippen LogP contribution in [0.3, 0.4) is 0 Å². The van der Waals surface area contributed by atoms with Crippen molar-refractivity contribution in [2.24, 2.45) is 0 Å². The number of aromatic nitrogens is 6. The number of likely N-dealkylation sites (N-methyl/N-ethyl adjacent to an activating group) is 1. The van der Waals surface area contributed by atoms with E-state index in [1.807, 2.05) is 0 Å². The van der Waals surface area contributed by atoms with Gasteiger partial charge in [-0.05, 0) is 29.8 Å². The van der Waals surface area contributed by atoms with Gasteiger partial charge in [0.1, 0.15) is 12.4 Å². The molecular formula is C18H18ClN7O4. The second kappa shape index (κ2) is 7.84. The molecule has 0 aliphatic carbocycles. The normalized spacial score (nSPS) is 16.9. The Morgan fingerprint density at radius 3 is 2.73 bits per heavy atom. The van der Waals surface area contributed by atoms with E-state index >= 15 is 0 Å². The van der Waals surface area contributed by atoms with Gasteiger partial charge >= 0.3 is 0 Å². The van der Waals surface area contributed by atoms with Crippen LogP contribution < -0.4 is 15.2 Å². The highest BCUT2D eigenvalue weighted by Gasteiger charge is 2.33. The number of benzene rings is 1. The molecule has 1 aliphatic heterocycles. The van der Waals surface area contributed by atoms with Gasteiger partial charge in [-0.3, -0.25) is 14.2 Å². The summed E-state index contributed by atoms with van der Waals surface area (Å²) in [6, 6.07) is 6.79. The van der Waals surface area contributed by atoms with Crippen LogP contribution in [0, 0.1) is 0 Å². The maximum Gasteiger partial charge on any atom is 0.281 e. The largest absolute Gasteiger partial charge is 0.463 e. The first kappa shape index (κ1) is 20.0. The molecule has 0 bridgehead atoms. The minimum atomic E-state index is -0.851. The van der Waals surface area contributed by atoms with Crippen molar-refractivity contribution in [3.63, 3.8) is 0 Å². The molecule has 1 N–H and O–H groups in total. The minimum absolute atomic E-state index is 0.00621. The Morgan fingerprint density at radius 1 is 1.27 bits per heavy atom. The highest BCUT2D eigenvalue weighted by atomic mass is 35.5. The fourth-order valence-corrected chi connectivity index (χ4v) is 3.19. The summed E-state index contributed by atoms with van der Waals surface area (Å²) in [6.07, 6.45) is -0.254. The Hall–Kier alpha value is -3.31. The lowest BCUT2D eigenvalue weighted by molar-refractivity contribution is -0.125. The highest BCUT2D eigenvalue weighted by Crippen LogP contribution is 2.26. The molecule has 0 saturated heterocycles. The smallest absolute Gasteiger partial charge is 0.281 e. The second-order valence-corrected chi connectivity index (χ2v) is 7.25. The fraction of sp³-hybridized carbons (Fsp3) is 0.333. The van der Waals surface area contributed by atoms with Crippen molar-refractivity contribution in [3.8, 4) is 5.88 Å². The van der Waals surface area contributed by atoms with Crippen LogP contribution in [-0.4, -0.2) is 53.9 Å². The zero-order valence-corrected chi connectivity index (χ0v) is 16.9. The van der Waals surface area contributed by atoms with E-state index in [0.29, 0.717) is 10.6 Å². The number of carbonyl (C=O) groups is 1. The van der Waals surface area contributed by atoms with Crippen molar-refractivity contribution in [3.05, 3.63) is 57.4 Å². The maximum atomic E-state index is 12.8. The molecule has 0 radical (unpaired) electrons. The van der Waals surface area contributed by atoms with Gasteiger partial charge in [-0.1, -0.05) is 23.7 Å². The van der Waals surface area contributed by atoms with E-state index in [2.05, 4.69) is 20.4 Å². The number of hydrogen-bond donors (Lipinski definition) is 1. The third-order valence-electron chi connectivity index (χ3n) is 4.68. The molecule has 1 aromatic carbocycles. The van der Waals surface area contributed by atoms with Crippen molar-refractivity contribution < 1.29 is 14.6 Å². The molecule has 3 aromatic rings. The van der Waals surface area contributed by atoms with Crippen LogP contribution in [-0.2, 0) is 17.9 Å². The Kier molecular flexibility index (Phi) is 5.22. The third kappa shape index (κ3) is 3.76. The number of ether oxygens (including phenoxy) is 1. The van der Waals surface area contributed by atoms with E-state index in [1.165, 1.54) is 27.6 Å². The Labute approximate surface area is 175 Å². The lowest BCUT2D eigenvalue weighted by Gasteiger charge is -2.28. The molecule has 0 unspecified atom stereocenters. The first-order valence-corrected chi connectivity index (χ1v) is 9.45. The van der Waals surface area contributed by atoms with Crippen LogP contribution in [0.25, 0.3) is 0 Å². The summed E-state index contributed by atoms with van der Waals surface area (Å²) in [5, 5.41) is 22.9. The molecule has 1 amide bonds. The number of aliphatic hydroxyl groups is 1. The van der Waals surface area contributed by atoms with E-state index in [9.17, 15) is 14.7 Å². The van der Waals surface area contributed by atoms with E-state index in [1.54, 1.807) is 31.2 Å². The second-order valence-electron chi connectivity index (χ2n) is 6.82. The van der Waals surface area contributed by atoms with Gasteiger partial charge in [0.15, 0.2) is 17.6 Å². The molecule has 12 heteroatoms. The van der Waals surface area contributed by atoms with Crippen LogP contribution in [0.1, 0.15) is 24.4 Å². The van der Waals surface area contributed by atoms with Crippen molar-refractivity contribution >= 4 is 23.2 Å². The maximum absolute atomic E-state index is 12.8. The molecule has 2 atom stereocenters. The predicted octanol–water partition coefficient (Wildman–Crippen LogP) is 0.409. The summed E-state index contributed by atoms with van der Waals surface area (Å²) in [5.41, 5.74) is 0.266. The number of tetrazole rings is 1. The highest BCUT2D eigenvalue weighted by molar-refractivity contribution is 6.30. The summed E-state index contributed by atoms with van der Waals surface area (Å²) in [5.74, 6) is 0.0224. The van der Waals surface area contributed by atoms with Gasteiger partial charge in [0.05, 0.1) is 13.1 Å². The van der Waals surface area contributed by atoms with Gasteiger partial charge in [0.25, 0.3) is 11.5 Å². The minimum Gasteiger partial charge on any atom is -0.463 e. The first-order valence-electron chi connectivity index (χ1n) is 9.07. The van der Waals surface area contributed by atoms with Gasteiger partial charge < -0.3 is 14.7 Å². The zero-order chi connectivity index (χ0) is 21.4. The van der Waals surface area contributed by atoms with Crippen molar-refractivity contribution in [2.45, 2.75) is 32.2 Å². The van der Waals surface area contributed by atoms with Gasteiger partial charge in [-0.2, -0.15) is 4.80 Å². The third-order valence-corrected chi connectivity index (χ3v) is 4.93. The van der Waals surface area contributed by atoms with Gasteiger partial charge in [-0.15, -0.1) is 10.2 Å². The number of anilines is 1. The Balaban J connectivity index is 1.51. The number of fused-ring (bicyclic) bond motifs is 1. The summed E-state index contributed by atoms with van der Waals surface area (Å²) in [4.78, 5) is 31.5. The van der Waals surface area contributed by atoms with Crippen molar-refractivity contribution in [1.82, 2.24) is 29.8 Å². The standard InChI is InChI=1S/C18H18ClN7O4/c1-10-17(28)24(2)15-16(30-10)20-9-25(18(15)29)8-14-21-23-26(22-14)7-13(27)11-3-5-12(19)6-4-11/h3-6,9-10,13,27H,7-8H2,1-2H3/t10-,13+/m1/s1. The van der Waals surface area contributed by atoms with Crippen LogP contribution in [0.4, 0.5) is 5.69 Å². The Morgan fingerprint density at radius 2 is 2.00 bits per heavy atom. The molecule has 156 valence electrons. The molecule has 3 heterocycles. The Bertz CT molecular complexity index is 1140. The number of carbonyl (C=O) groups excluding carboxylic acids is 1. The quantitative estimate of drug-likeness (QED) is 0.615. The number of hydrogen-bond acceptors (Lipinski definition) is 8. The molecule has 1 aliphatic rings. The van der Waals surface area contributed by atoms with E-state index in [-0.39, 0.29) is 36.4 Å². The van der Waals surface area contributed by atoms with Crippen LogP contribution in [0.15, 0.2) is 35.4 Å². The van der Waals surface area contributed by atoms with Crippen LogP contribution in [0.5, 0.6) is 5.88 Å². The molecular weight excluding hydrogens is 414 g/mol. The first-order chi connectivity index (χ1) is 14.3. The summed E-state index contributed by atoms with van der Waals surface area (Å²) < 4.78 is 6.66. The number of amides is 1. The van der Waals surface area contributed by atoms with E-state index in [0.717, 1.165) is 0 Å². The number of aliphatic hydroxyl groups excluding tert-OH is 1. The van der Waals surface area contributed by atoms with Crippen molar-refractivity contribution in [1.29, 1.82) is 0 Å². The SMILES string of the molecule is C[C@H]1Oc2ncn(Cc3nnn(C[C@H](O)c4ccc(Cl)cc4)n3)c(=O)c2N(C)C1=O. The lowest BCUT2D eigenvalue weighted by atomic mass is 10.1. The van der Waals surface area contributed by atoms with Gasteiger partial charge in [-0.25, -0.2) is 4.98 Å². The summed E-state index contributed by atoms with van der Waals surface area (Å²) in [6.45, 7) is 1.67. The number of rotatable bonds is 5. The number of halogens is 1. The van der Waals surface area contributed by atoms with Gasteiger partial charge in [0, 0.05) is 12.1 Å². The van der Waals surface area contributed by atoms with E-state index in [4.69, 9.17) is 16.3 Å². The lowest BCUT2D eigenvalue weighted by Crippen LogP contribution is -2.46. The molecule has 0 saturated carbocycles.